The van der Waals surface area contributed by atoms with Crippen molar-refractivity contribution in [2.45, 2.75) is 45.2 Å². The third-order valence-electron chi connectivity index (χ3n) is 4.16. The molecule has 22 heavy (non-hydrogen) atoms. The van der Waals surface area contributed by atoms with Gasteiger partial charge < -0.3 is 4.52 Å². The van der Waals surface area contributed by atoms with E-state index in [1.807, 2.05) is 6.07 Å². The lowest BCUT2D eigenvalue weighted by Crippen LogP contribution is -2.23. The summed E-state index contributed by atoms with van der Waals surface area (Å²) in [6, 6.07) is 7.39. The smallest absolute Gasteiger partial charge is 0.137 e. The van der Waals surface area contributed by atoms with Crippen molar-refractivity contribution in [2.75, 3.05) is 6.54 Å². The summed E-state index contributed by atoms with van der Waals surface area (Å²) in [5.41, 5.74) is 1.70. The minimum Gasteiger partial charge on any atom is -0.361 e. The maximum atomic E-state index is 14.0. The van der Waals surface area contributed by atoms with Crippen molar-refractivity contribution in [1.82, 2.24) is 10.1 Å². The molecule has 1 aliphatic rings. The van der Waals surface area contributed by atoms with Gasteiger partial charge in [0.05, 0.1) is 6.04 Å². The summed E-state index contributed by atoms with van der Waals surface area (Å²) in [7, 11) is 0. The first-order valence-electron chi connectivity index (χ1n) is 7.81. The van der Waals surface area contributed by atoms with Crippen LogP contribution in [0.3, 0.4) is 0 Å². The first-order chi connectivity index (χ1) is 10.7. The van der Waals surface area contributed by atoms with Gasteiger partial charge in [-0.2, -0.15) is 0 Å². The van der Waals surface area contributed by atoms with Gasteiger partial charge in [0.2, 0.25) is 0 Å². The molecular weight excluding hydrogens is 347 g/mol. The summed E-state index contributed by atoms with van der Waals surface area (Å²) in [5, 5.41) is 4.23. The maximum Gasteiger partial charge on any atom is 0.137 e. The maximum absolute atomic E-state index is 14.0. The van der Waals surface area contributed by atoms with Crippen molar-refractivity contribution < 1.29 is 8.91 Å². The highest BCUT2D eigenvalue weighted by Crippen LogP contribution is 2.33. The first-order valence-corrected chi connectivity index (χ1v) is 8.60. The first kappa shape index (κ1) is 15.7. The fourth-order valence-electron chi connectivity index (χ4n) is 3.08. The van der Waals surface area contributed by atoms with Gasteiger partial charge in [0, 0.05) is 29.1 Å². The average molecular weight is 367 g/mol. The molecule has 0 radical (unpaired) electrons. The van der Waals surface area contributed by atoms with E-state index >= 15 is 0 Å². The van der Waals surface area contributed by atoms with Crippen LogP contribution in [0.2, 0.25) is 0 Å². The van der Waals surface area contributed by atoms with Gasteiger partial charge in [-0.25, -0.2) is 4.39 Å². The number of benzene rings is 1. The molecule has 3 rings (SSSR count). The van der Waals surface area contributed by atoms with Crippen molar-refractivity contribution in [1.29, 1.82) is 0 Å². The van der Waals surface area contributed by atoms with Gasteiger partial charge in [0.15, 0.2) is 0 Å². The second kappa shape index (κ2) is 6.92. The van der Waals surface area contributed by atoms with Crippen LogP contribution in [0.1, 0.15) is 49.2 Å². The quantitative estimate of drug-likeness (QED) is 0.755. The Morgan fingerprint density at radius 2 is 2.27 bits per heavy atom. The van der Waals surface area contributed by atoms with E-state index < -0.39 is 0 Å². The normalized spacial score (nSPS) is 19.0. The van der Waals surface area contributed by atoms with Crippen LogP contribution in [-0.4, -0.2) is 16.6 Å². The molecule has 1 atom stereocenters. The van der Waals surface area contributed by atoms with E-state index in [1.165, 1.54) is 6.07 Å². The monoisotopic (exact) mass is 366 g/mol. The SMILES string of the molecule is CCCc1cc([C@@H]2CCCN2Cc2cc(Br)ccc2F)no1. The Morgan fingerprint density at radius 3 is 3.09 bits per heavy atom. The lowest BCUT2D eigenvalue weighted by Gasteiger charge is -2.23. The van der Waals surface area contributed by atoms with E-state index in [-0.39, 0.29) is 11.9 Å². The molecule has 0 spiro atoms. The van der Waals surface area contributed by atoms with Gasteiger partial charge in [-0.05, 0) is 44.0 Å². The largest absolute Gasteiger partial charge is 0.361 e. The molecule has 0 bridgehead atoms. The second-order valence-corrected chi connectivity index (χ2v) is 6.75. The zero-order valence-corrected chi connectivity index (χ0v) is 14.3. The summed E-state index contributed by atoms with van der Waals surface area (Å²) < 4.78 is 20.3. The zero-order valence-electron chi connectivity index (χ0n) is 12.7. The highest BCUT2D eigenvalue weighted by atomic mass is 79.9. The van der Waals surface area contributed by atoms with E-state index in [9.17, 15) is 4.39 Å². The fourth-order valence-corrected chi connectivity index (χ4v) is 3.49. The third-order valence-corrected chi connectivity index (χ3v) is 4.65. The van der Waals surface area contributed by atoms with Gasteiger partial charge in [-0.1, -0.05) is 28.0 Å². The van der Waals surface area contributed by atoms with E-state index in [1.54, 1.807) is 6.07 Å². The van der Waals surface area contributed by atoms with Crippen molar-refractivity contribution >= 4 is 15.9 Å². The van der Waals surface area contributed by atoms with Gasteiger partial charge in [-0.3, -0.25) is 4.90 Å². The number of aromatic nitrogens is 1. The fraction of sp³-hybridized carbons (Fsp3) is 0.471. The van der Waals surface area contributed by atoms with Crippen molar-refractivity contribution in [2.24, 2.45) is 0 Å². The number of nitrogens with zero attached hydrogens (tertiary/aromatic N) is 2. The van der Waals surface area contributed by atoms with Crippen molar-refractivity contribution in [3.05, 3.63) is 51.6 Å². The standard InChI is InChI=1S/C17H20BrFN2O/c1-2-4-14-10-16(20-22-14)17-5-3-8-21(17)11-12-9-13(18)6-7-15(12)19/h6-7,9-10,17H,2-5,8,11H2,1H3/t17-/m0/s1. The number of hydrogen-bond acceptors (Lipinski definition) is 3. The molecule has 1 aromatic carbocycles. The molecule has 5 heteroatoms. The predicted octanol–water partition coefficient (Wildman–Crippen LogP) is 4.87. The molecule has 0 unspecified atom stereocenters. The Hall–Kier alpha value is -1.20. The van der Waals surface area contributed by atoms with Crippen LogP contribution in [-0.2, 0) is 13.0 Å². The zero-order chi connectivity index (χ0) is 15.5. The molecule has 2 heterocycles. The van der Waals surface area contributed by atoms with E-state index in [0.29, 0.717) is 6.54 Å². The molecule has 1 saturated heterocycles. The van der Waals surface area contributed by atoms with Crippen molar-refractivity contribution in [3.63, 3.8) is 0 Å². The summed E-state index contributed by atoms with van der Waals surface area (Å²) in [5.74, 6) is 0.790. The van der Waals surface area contributed by atoms with Crippen LogP contribution in [0.5, 0.6) is 0 Å². The molecule has 0 saturated carbocycles. The van der Waals surface area contributed by atoms with Gasteiger partial charge in [-0.15, -0.1) is 0 Å². The predicted molar refractivity (Wildman–Crippen MR) is 87.0 cm³/mol. The molecule has 1 fully saturated rings. The van der Waals surface area contributed by atoms with Crippen LogP contribution in [0.25, 0.3) is 0 Å². The Labute approximate surface area is 138 Å². The highest BCUT2D eigenvalue weighted by molar-refractivity contribution is 9.10. The molecule has 0 N–H and O–H groups in total. The lowest BCUT2D eigenvalue weighted by molar-refractivity contribution is 0.233. The molecular formula is C17H20BrFN2O. The molecule has 1 aliphatic heterocycles. The van der Waals surface area contributed by atoms with Gasteiger partial charge in [0.25, 0.3) is 0 Å². The van der Waals surface area contributed by atoms with Crippen LogP contribution >= 0.6 is 15.9 Å². The summed E-state index contributed by atoms with van der Waals surface area (Å²) in [6.07, 6.45) is 4.12. The number of likely N-dealkylation sites (tertiary alicyclic amines) is 1. The average Bonchev–Trinajstić information content (AvgIpc) is 3.12. The highest BCUT2D eigenvalue weighted by Gasteiger charge is 2.29. The number of halogens is 2. The molecule has 0 amide bonds. The number of rotatable bonds is 5. The topological polar surface area (TPSA) is 29.3 Å². The molecule has 2 aromatic rings. The lowest BCUT2D eigenvalue weighted by atomic mass is 10.1. The molecule has 3 nitrogen and oxygen atoms in total. The van der Waals surface area contributed by atoms with Crippen LogP contribution in [0, 0.1) is 5.82 Å². The van der Waals surface area contributed by atoms with Crippen molar-refractivity contribution in [3.8, 4) is 0 Å². The number of aryl methyl sites for hydroxylation is 1. The second-order valence-electron chi connectivity index (χ2n) is 5.83. The van der Waals surface area contributed by atoms with Crippen LogP contribution in [0.15, 0.2) is 33.3 Å². The van der Waals surface area contributed by atoms with Crippen LogP contribution < -0.4 is 0 Å². The Morgan fingerprint density at radius 1 is 1.41 bits per heavy atom. The molecule has 118 valence electrons. The minimum absolute atomic E-state index is 0.152. The summed E-state index contributed by atoms with van der Waals surface area (Å²) in [4.78, 5) is 2.29. The number of hydrogen-bond donors (Lipinski definition) is 0. The molecule has 0 aliphatic carbocycles. The van der Waals surface area contributed by atoms with E-state index in [0.717, 1.165) is 53.7 Å². The summed E-state index contributed by atoms with van der Waals surface area (Å²) in [6.45, 7) is 3.69. The van der Waals surface area contributed by atoms with E-state index in [4.69, 9.17) is 4.52 Å². The summed E-state index contributed by atoms with van der Waals surface area (Å²) >= 11 is 3.41. The molecule has 1 aromatic heterocycles. The minimum atomic E-state index is -0.152. The van der Waals surface area contributed by atoms with E-state index in [2.05, 4.69) is 39.0 Å². The van der Waals surface area contributed by atoms with Gasteiger partial charge >= 0.3 is 0 Å². The third kappa shape index (κ3) is 3.41. The van der Waals surface area contributed by atoms with Gasteiger partial charge in [0.1, 0.15) is 17.3 Å². The Balaban J connectivity index is 1.76. The van der Waals surface area contributed by atoms with Crippen LogP contribution in [0.4, 0.5) is 4.39 Å². The Kier molecular flexibility index (Phi) is 4.93. The Bertz CT molecular complexity index is 643.